The summed E-state index contributed by atoms with van der Waals surface area (Å²) >= 11 is 0. The van der Waals surface area contributed by atoms with Crippen LogP contribution in [0.25, 0.3) is 11.1 Å². The second-order valence-corrected chi connectivity index (χ2v) is 5.22. The summed E-state index contributed by atoms with van der Waals surface area (Å²) in [7, 11) is 0. The van der Waals surface area contributed by atoms with E-state index in [-0.39, 0.29) is 5.92 Å². The molecule has 1 aliphatic rings. The molecule has 0 saturated heterocycles. The number of rotatable bonds is 2. The molecule has 2 aromatic rings. The number of nitrogens with two attached hydrogens (primary N) is 1. The number of pyridine rings is 1. The molecule has 2 heterocycles. The number of fused-ring (bicyclic) bond motifs is 1. The van der Waals surface area contributed by atoms with Gasteiger partial charge in [0.2, 0.25) is 0 Å². The molecule has 0 fully saturated rings. The number of aromatic nitrogens is 1. The molecule has 1 aromatic carbocycles. The third-order valence-corrected chi connectivity index (χ3v) is 3.85. The summed E-state index contributed by atoms with van der Waals surface area (Å²) < 4.78 is 43.5. The van der Waals surface area contributed by atoms with Crippen molar-refractivity contribution in [3.8, 4) is 16.9 Å². The van der Waals surface area contributed by atoms with Crippen molar-refractivity contribution in [2.45, 2.75) is 18.5 Å². The van der Waals surface area contributed by atoms with Crippen molar-refractivity contribution in [2.24, 2.45) is 5.73 Å². The van der Waals surface area contributed by atoms with E-state index in [0.29, 0.717) is 24.5 Å². The van der Waals surface area contributed by atoms with Gasteiger partial charge in [-0.2, -0.15) is 13.2 Å². The fraction of sp³-hybridized carbons (Fsp3) is 0.312. The minimum atomic E-state index is -4.43. The largest absolute Gasteiger partial charge is 0.493 e. The molecule has 0 saturated carbocycles. The van der Waals surface area contributed by atoms with Gasteiger partial charge in [0.1, 0.15) is 11.4 Å². The van der Waals surface area contributed by atoms with Crippen molar-refractivity contribution >= 4 is 0 Å². The third kappa shape index (κ3) is 2.66. The number of para-hydroxylation sites is 1. The van der Waals surface area contributed by atoms with Crippen LogP contribution in [0, 0.1) is 0 Å². The first kappa shape index (κ1) is 14.8. The van der Waals surface area contributed by atoms with Gasteiger partial charge in [0.05, 0.1) is 6.61 Å². The number of hydrogen-bond acceptors (Lipinski definition) is 3. The highest BCUT2D eigenvalue weighted by atomic mass is 19.4. The van der Waals surface area contributed by atoms with Crippen molar-refractivity contribution in [3.05, 3.63) is 47.8 Å². The Morgan fingerprint density at radius 1 is 1.23 bits per heavy atom. The predicted octanol–water partition coefficient (Wildman–Crippen LogP) is 3.59. The Bertz CT molecular complexity index is 668. The maximum atomic E-state index is 12.6. The summed E-state index contributed by atoms with van der Waals surface area (Å²) in [6, 6.07) is 8.04. The minimum absolute atomic E-state index is 0.214. The lowest BCUT2D eigenvalue weighted by Crippen LogP contribution is -2.21. The van der Waals surface area contributed by atoms with Gasteiger partial charge < -0.3 is 10.5 Å². The van der Waals surface area contributed by atoms with E-state index >= 15 is 0 Å². The van der Waals surface area contributed by atoms with Crippen molar-refractivity contribution in [1.29, 1.82) is 0 Å². The van der Waals surface area contributed by atoms with E-state index in [9.17, 15) is 13.2 Å². The highest BCUT2D eigenvalue weighted by Crippen LogP contribution is 2.40. The van der Waals surface area contributed by atoms with E-state index in [2.05, 4.69) is 4.98 Å². The fourth-order valence-corrected chi connectivity index (χ4v) is 2.69. The van der Waals surface area contributed by atoms with Gasteiger partial charge >= 0.3 is 6.18 Å². The van der Waals surface area contributed by atoms with Crippen molar-refractivity contribution in [1.82, 2.24) is 4.98 Å². The molecule has 0 amide bonds. The molecule has 3 nitrogen and oxygen atoms in total. The second kappa shape index (κ2) is 5.61. The fourth-order valence-electron chi connectivity index (χ4n) is 2.69. The number of nitrogens with zero attached hydrogens (tertiary/aromatic N) is 1. The first-order valence-electron chi connectivity index (χ1n) is 7.00. The molecule has 0 aliphatic carbocycles. The van der Waals surface area contributed by atoms with Crippen LogP contribution < -0.4 is 10.5 Å². The van der Waals surface area contributed by atoms with E-state index < -0.39 is 11.9 Å². The normalized spacial score (nSPS) is 17.7. The Balaban J connectivity index is 2.02. The van der Waals surface area contributed by atoms with Crippen LogP contribution in [0.15, 0.2) is 36.5 Å². The number of ether oxygens (including phenoxy) is 1. The van der Waals surface area contributed by atoms with Crippen molar-refractivity contribution < 1.29 is 17.9 Å². The Hall–Kier alpha value is -2.08. The van der Waals surface area contributed by atoms with Gasteiger partial charge in [0.15, 0.2) is 0 Å². The summed E-state index contributed by atoms with van der Waals surface area (Å²) in [5.41, 5.74) is 7.23. The molecule has 0 bridgehead atoms. The van der Waals surface area contributed by atoms with E-state index in [1.165, 1.54) is 12.3 Å². The van der Waals surface area contributed by atoms with Crippen LogP contribution in [0.3, 0.4) is 0 Å². The number of alkyl halides is 3. The lowest BCUT2D eigenvalue weighted by Gasteiger charge is -2.26. The van der Waals surface area contributed by atoms with Crippen LogP contribution >= 0.6 is 0 Å². The van der Waals surface area contributed by atoms with Crippen LogP contribution in [0.5, 0.6) is 5.75 Å². The molecule has 1 aliphatic heterocycles. The molecular formula is C16H15F3N2O. The van der Waals surface area contributed by atoms with E-state index in [4.69, 9.17) is 10.5 Å². The van der Waals surface area contributed by atoms with Gasteiger partial charge in [0.25, 0.3) is 0 Å². The van der Waals surface area contributed by atoms with Gasteiger partial charge in [-0.1, -0.05) is 24.3 Å². The average molecular weight is 308 g/mol. The van der Waals surface area contributed by atoms with Crippen LogP contribution in [-0.4, -0.2) is 18.1 Å². The molecule has 0 radical (unpaired) electrons. The second-order valence-electron chi connectivity index (χ2n) is 5.22. The van der Waals surface area contributed by atoms with Gasteiger partial charge in [-0.3, -0.25) is 4.98 Å². The first-order valence-corrected chi connectivity index (χ1v) is 7.00. The standard InChI is InChI=1S/C16H15F3N2O/c17-16(18,19)14-5-4-11(9-21-14)13-3-1-2-12-10(8-20)6-7-22-15(12)13/h1-5,9-10H,6-8,20H2. The van der Waals surface area contributed by atoms with Gasteiger partial charge in [-0.25, -0.2) is 0 Å². The lowest BCUT2D eigenvalue weighted by molar-refractivity contribution is -0.141. The molecule has 116 valence electrons. The minimum Gasteiger partial charge on any atom is -0.493 e. The van der Waals surface area contributed by atoms with Gasteiger partial charge in [-0.15, -0.1) is 0 Å². The molecule has 3 rings (SSSR count). The highest BCUT2D eigenvalue weighted by Gasteiger charge is 2.32. The molecule has 6 heteroatoms. The molecule has 22 heavy (non-hydrogen) atoms. The zero-order chi connectivity index (χ0) is 15.7. The maximum absolute atomic E-state index is 12.6. The zero-order valence-electron chi connectivity index (χ0n) is 11.7. The summed E-state index contributed by atoms with van der Waals surface area (Å²) in [5, 5.41) is 0. The summed E-state index contributed by atoms with van der Waals surface area (Å²) in [6.45, 7) is 1.07. The topological polar surface area (TPSA) is 48.1 Å². The first-order chi connectivity index (χ1) is 10.5. The Labute approximate surface area is 125 Å². The van der Waals surface area contributed by atoms with Crippen molar-refractivity contribution in [3.63, 3.8) is 0 Å². The number of benzene rings is 1. The Kier molecular flexibility index (Phi) is 3.78. The summed E-state index contributed by atoms with van der Waals surface area (Å²) in [4.78, 5) is 3.51. The highest BCUT2D eigenvalue weighted by molar-refractivity contribution is 5.72. The maximum Gasteiger partial charge on any atom is 0.433 e. The monoisotopic (exact) mass is 308 g/mol. The van der Waals surface area contributed by atoms with Crippen LogP contribution in [-0.2, 0) is 6.18 Å². The average Bonchev–Trinajstić information content (AvgIpc) is 2.53. The van der Waals surface area contributed by atoms with Crippen LogP contribution in [0.1, 0.15) is 23.6 Å². The quantitative estimate of drug-likeness (QED) is 0.922. The molecule has 2 N–H and O–H groups in total. The Morgan fingerprint density at radius 2 is 2.05 bits per heavy atom. The predicted molar refractivity (Wildman–Crippen MR) is 76.6 cm³/mol. The SMILES string of the molecule is NCC1CCOc2c(-c3ccc(C(F)(F)F)nc3)cccc21. The molecule has 1 atom stereocenters. The molecule has 1 unspecified atom stereocenters. The number of halogens is 3. The van der Waals surface area contributed by atoms with Crippen molar-refractivity contribution in [2.75, 3.05) is 13.2 Å². The smallest absolute Gasteiger partial charge is 0.433 e. The summed E-state index contributed by atoms with van der Waals surface area (Å²) in [5.74, 6) is 0.914. The van der Waals surface area contributed by atoms with Crippen LogP contribution in [0.4, 0.5) is 13.2 Å². The zero-order valence-corrected chi connectivity index (χ0v) is 11.7. The molecular weight excluding hydrogens is 293 g/mol. The molecule has 1 aromatic heterocycles. The lowest BCUT2D eigenvalue weighted by atomic mass is 9.90. The molecule has 0 spiro atoms. The third-order valence-electron chi connectivity index (χ3n) is 3.85. The van der Waals surface area contributed by atoms with E-state index in [1.807, 2.05) is 18.2 Å². The summed E-state index contributed by atoms with van der Waals surface area (Å²) in [6.07, 6.45) is -2.36. The van der Waals surface area contributed by atoms with Crippen LogP contribution in [0.2, 0.25) is 0 Å². The number of hydrogen-bond donors (Lipinski definition) is 1. The van der Waals surface area contributed by atoms with E-state index in [0.717, 1.165) is 23.6 Å². The van der Waals surface area contributed by atoms with Gasteiger partial charge in [0, 0.05) is 23.2 Å². The van der Waals surface area contributed by atoms with E-state index in [1.54, 1.807) is 0 Å². The Morgan fingerprint density at radius 3 is 2.68 bits per heavy atom. The van der Waals surface area contributed by atoms with Gasteiger partial charge in [-0.05, 0) is 24.6 Å².